The molecular weight excluding hydrogens is 239 g/mol. The minimum absolute atomic E-state index is 0.283. The first-order valence-corrected chi connectivity index (χ1v) is 6.64. The van der Waals surface area contributed by atoms with Gasteiger partial charge in [-0.15, -0.1) is 0 Å². The highest BCUT2D eigenvalue weighted by molar-refractivity contribution is 6.39. The Balaban J connectivity index is 1.97. The van der Waals surface area contributed by atoms with Gasteiger partial charge in [-0.05, 0) is 39.2 Å². The number of hydrogen-bond donors (Lipinski definition) is 1. The predicted octanol–water partition coefficient (Wildman–Crippen LogP) is 1.36. The molecule has 1 unspecified atom stereocenters. The zero-order chi connectivity index (χ0) is 14.3. The maximum atomic E-state index is 10.1. The molecule has 0 aromatic carbocycles. The van der Waals surface area contributed by atoms with Crippen molar-refractivity contribution in [1.82, 2.24) is 9.80 Å². The van der Waals surface area contributed by atoms with Crippen LogP contribution in [0.25, 0.3) is 0 Å². The van der Waals surface area contributed by atoms with Crippen LogP contribution in [0.3, 0.4) is 0 Å². The molecule has 2 rings (SSSR count). The third-order valence-electron chi connectivity index (χ3n) is 4.07. The molecule has 5 heteroatoms. The summed E-state index contributed by atoms with van der Waals surface area (Å²) in [6.45, 7) is 7.36. The number of nitrogens with zero attached hydrogens (tertiary/aromatic N) is 2. The van der Waals surface area contributed by atoms with Crippen molar-refractivity contribution in [2.45, 2.75) is 45.1 Å². The van der Waals surface area contributed by atoms with Crippen LogP contribution in [0.4, 0.5) is 0 Å². The Bertz CT molecular complexity index is 435. The highest BCUT2D eigenvalue weighted by atomic mass is 16.5. The van der Waals surface area contributed by atoms with E-state index >= 15 is 0 Å². The van der Waals surface area contributed by atoms with Gasteiger partial charge in [0.25, 0.3) is 0 Å². The molecule has 0 aromatic heterocycles. The maximum absolute atomic E-state index is 10.1. The summed E-state index contributed by atoms with van der Waals surface area (Å²) in [5.74, 6) is 0. The molecule has 1 N–H and O–H groups in total. The largest absolute Gasteiger partial charge is 0.427 e. The average Bonchev–Trinajstić information content (AvgIpc) is 2.67. The normalized spacial score (nSPS) is 22.6. The topological polar surface area (TPSA) is 35.9 Å². The lowest BCUT2D eigenvalue weighted by Crippen LogP contribution is -2.48. The van der Waals surface area contributed by atoms with E-state index in [1.165, 1.54) is 0 Å². The number of rotatable bonds is 4. The van der Waals surface area contributed by atoms with E-state index in [1.807, 2.05) is 13.8 Å². The van der Waals surface area contributed by atoms with Gasteiger partial charge in [-0.25, -0.2) is 0 Å². The smallest absolute Gasteiger partial charge is 0.310 e. The molecule has 19 heavy (non-hydrogen) atoms. The van der Waals surface area contributed by atoms with Crippen molar-refractivity contribution in [2.24, 2.45) is 0 Å². The Hall–Kier alpha value is -1.20. The molecule has 104 valence electrons. The quantitative estimate of drug-likeness (QED) is 0.776. The zero-order valence-corrected chi connectivity index (χ0v) is 12.4. The number of allylic oxidation sites excluding steroid dienone is 2. The fraction of sp³-hybridized carbons (Fsp3) is 0.571. The summed E-state index contributed by atoms with van der Waals surface area (Å²) >= 11 is 0. The zero-order valence-electron chi connectivity index (χ0n) is 12.4. The van der Waals surface area contributed by atoms with Gasteiger partial charge < -0.3 is 19.6 Å². The monoisotopic (exact) mass is 262 g/mol. The Morgan fingerprint density at radius 2 is 1.95 bits per heavy atom. The summed E-state index contributed by atoms with van der Waals surface area (Å²) in [6, 6.07) is 0. The molecule has 2 aliphatic heterocycles. The van der Waals surface area contributed by atoms with Crippen LogP contribution in [0.15, 0.2) is 36.2 Å². The summed E-state index contributed by atoms with van der Waals surface area (Å²) in [6.07, 6.45) is 10.7. The van der Waals surface area contributed by atoms with Crippen LogP contribution in [0.1, 0.15) is 27.7 Å². The van der Waals surface area contributed by atoms with Crippen molar-refractivity contribution in [2.75, 3.05) is 7.05 Å². The van der Waals surface area contributed by atoms with Crippen molar-refractivity contribution in [3.63, 3.8) is 0 Å². The van der Waals surface area contributed by atoms with Gasteiger partial charge in [0.2, 0.25) is 0 Å². The van der Waals surface area contributed by atoms with Gasteiger partial charge in [0.05, 0.1) is 11.2 Å². The third-order valence-corrected chi connectivity index (χ3v) is 4.07. The molecule has 0 spiro atoms. The molecule has 4 nitrogen and oxygen atoms in total. The number of likely N-dealkylation sites (N-methyl/N-ethyl adjacent to an activating group) is 1. The van der Waals surface area contributed by atoms with E-state index in [9.17, 15) is 5.11 Å². The lowest BCUT2D eigenvalue weighted by atomic mass is 9.81. The molecule has 0 radical (unpaired) electrons. The molecule has 0 aromatic rings. The van der Waals surface area contributed by atoms with Gasteiger partial charge in [-0.1, -0.05) is 6.08 Å². The molecule has 0 amide bonds. The summed E-state index contributed by atoms with van der Waals surface area (Å²) in [5.41, 5.74) is -0.355. The molecule has 0 fully saturated rings. The van der Waals surface area contributed by atoms with E-state index in [2.05, 4.69) is 47.6 Å². The van der Waals surface area contributed by atoms with E-state index in [0.717, 1.165) is 5.47 Å². The first-order valence-electron chi connectivity index (χ1n) is 6.64. The van der Waals surface area contributed by atoms with Gasteiger partial charge >= 0.3 is 7.48 Å². The Morgan fingerprint density at radius 3 is 2.58 bits per heavy atom. The SMILES string of the molecule is CN1C=CN2C=C(BOC(C)(C)C(C)(C)O)C=CC12. The lowest BCUT2D eigenvalue weighted by molar-refractivity contribution is -0.0896. The van der Waals surface area contributed by atoms with Crippen LogP contribution in [0, 0.1) is 0 Å². The Kier molecular flexibility index (Phi) is 3.54. The highest BCUT2D eigenvalue weighted by Crippen LogP contribution is 2.26. The lowest BCUT2D eigenvalue weighted by Gasteiger charge is -2.38. The van der Waals surface area contributed by atoms with E-state index in [-0.39, 0.29) is 6.17 Å². The van der Waals surface area contributed by atoms with Gasteiger partial charge in [0.1, 0.15) is 6.17 Å². The van der Waals surface area contributed by atoms with Crippen LogP contribution in [-0.4, -0.2) is 46.8 Å². The van der Waals surface area contributed by atoms with E-state index in [0.29, 0.717) is 7.48 Å². The highest BCUT2D eigenvalue weighted by Gasteiger charge is 2.36. The molecular formula is C14H23BN2O2. The van der Waals surface area contributed by atoms with Crippen LogP contribution in [0.2, 0.25) is 0 Å². The van der Waals surface area contributed by atoms with E-state index in [1.54, 1.807) is 13.8 Å². The van der Waals surface area contributed by atoms with Gasteiger partial charge in [0, 0.05) is 25.6 Å². The first kappa shape index (κ1) is 14.2. The number of fused-ring (bicyclic) bond motifs is 1. The van der Waals surface area contributed by atoms with Crippen molar-refractivity contribution in [1.29, 1.82) is 0 Å². The number of aliphatic hydroxyl groups is 1. The fourth-order valence-corrected chi connectivity index (χ4v) is 1.89. The summed E-state index contributed by atoms with van der Waals surface area (Å²) < 4.78 is 5.87. The first-order chi connectivity index (χ1) is 8.71. The molecule has 0 saturated carbocycles. The van der Waals surface area contributed by atoms with Crippen LogP contribution in [0.5, 0.6) is 0 Å². The Morgan fingerprint density at radius 1 is 1.26 bits per heavy atom. The van der Waals surface area contributed by atoms with Crippen LogP contribution < -0.4 is 0 Å². The summed E-state index contributed by atoms with van der Waals surface area (Å²) in [5, 5.41) is 10.1. The molecule has 0 bridgehead atoms. The standard InChI is InChI=1S/C14H23BN2O2/c1-13(2,18)14(3,4)19-15-11-6-7-12-16(5)8-9-17(12)10-11/h6-10,12,15,18H,1-5H3. The van der Waals surface area contributed by atoms with Gasteiger partial charge in [-0.3, -0.25) is 0 Å². The van der Waals surface area contributed by atoms with Crippen molar-refractivity contribution >= 4 is 7.48 Å². The van der Waals surface area contributed by atoms with Crippen molar-refractivity contribution in [3.05, 3.63) is 36.2 Å². The molecule has 1 atom stereocenters. The van der Waals surface area contributed by atoms with Gasteiger partial charge in [0.15, 0.2) is 0 Å². The second-order valence-corrected chi connectivity index (χ2v) is 6.25. The Labute approximate surface area is 116 Å². The van der Waals surface area contributed by atoms with Crippen LogP contribution in [-0.2, 0) is 4.65 Å². The minimum Gasteiger partial charge on any atom is -0.427 e. The van der Waals surface area contributed by atoms with Crippen LogP contribution >= 0.6 is 0 Å². The molecule has 0 saturated heterocycles. The summed E-state index contributed by atoms with van der Waals surface area (Å²) in [7, 11) is 2.55. The summed E-state index contributed by atoms with van der Waals surface area (Å²) in [4.78, 5) is 4.29. The van der Waals surface area contributed by atoms with Crippen molar-refractivity contribution in [3.8, 4) is 0 Å². The van der Waals surface area contributed by atoms with Crippen molar-refractivity contribution < 1.29 is 9.76 Å². The van der Waals surface area contributed by atoms with Gasteiger partial charge in [-0.2, -0.15) is 0 Å². The molecule has 2 heterocycles. The maximum Gasteiger partial charge on any atom is 0.310 e. The van der Waals surface area contributed by atoms with E-state index in [4.69, 9.17) is 4.65 Å². The molecule has 0 aliphatic carbocycles. The number of hydrogen-bond acceptors (Lipinski definition) is 4. The average molecular weight is 262 g/mol. The second-order valence-electron chi connectivity index (χ2n) is 6.25. The molecule has 2 aliphatic rings. The van der Waals surface area contributed by atoms with E-state index < -0.39 is 11.2 Å². The third kappa shape index (κ3) is 2.87. The second kappa shape index (κ2) is 4.73. The minimum atomic E-state index is -0.873. The predicted molar refractivity (Wildman–Crippen MR) is 78.4 cm³/mol. The fourth-order valence-electron chi connectivity index (χ4n) is 1.89.